The maximum atomic E-state index is 10.8. The van der Waals surface area contributed by atoms with Gasteiger partial charge in [-0.1, -0.05) is 12.8 Å². The van der Waals surface area contributed by atoms with Crippen molar-refractivity contribution in [1.82, 2.24) is 5.32 Å². The molecule has 0 aromatic rings. The van der Waals surface area contributed by atoms with Crippen molar-refractivity contribution in [3.05, 3.63) is 0 Å². The first-order valence-corrected chi connectivity index (χ1v) is 6.29. The Kier molecular flexibility index (Phi) is 7.16. The molecule has 17 heavy (non-hydrogen) atoms. The minimum Gasteiger partial charge on any atom is -0.469 e. The molecule has 5 nitrogen and oxygen atoms in total. The molecule has 0 aromatic heterocycles. The number of hydrogen-bond donors (Lipinski definition) is 2. The fourth-order valence-electron chi connectivity index (χ4n) is 1.92. The second-order valence-corrected chi connectivity index (χ2v) is 4.42. The van der Waals surface area contributed by atoms with E-state index in [1.54, 1.807) is 0 Å². The molecular weight excluding hydrogens is 222 g/mol. The summed E-state index contributed by atoms with van der Waals surface area (Å²) in [7, 11) is 1.37. The van der Waals surface area contributed by atoms with Gasteiger partial charge in [-0.25, -0.2) is 0 Å². The first-order chi connectivity index (χ1) is 8.22. The molecule has 0 aliphatic heterocycles. The van der Waals surface area contributed by atoms with Crippen LogP contribution in [0.25, 0.3) is 0 Å². The van der Waals surface area contributed by atoms with E-state index in [9.17, 15) is 9.90 Å². The molecule has 0 aromatic carbocycles. The Hall–Kier alpha value is -0.650. The number of methoxy groups -OCH3 is 1. The Morgan fingerprint density at radius 3 is 2.82 bits per heavy atom. The van der Waals surface area contributed by atoms with Crippen LogP contribution in [0.2, 0.25) is 0 Å². The molecule has 0 heterocycles. The summed E-state index contributed by atoms with van der Waals surface area (Å²) in [5.74, 6) is -0.241. The lowest BCUT2D eigenvalue weighted by Crippen LogP contribution is -2.32. The van der Waals surface area contributed by atoms with Gasteiger partial charge in [-0.05, 0) is 12.8 Å². The average molecular weight is 245 g/mol. The van der Waals surface area contributed by atoms with E-state index < -0.39 is 6.10 Å². The van der Waals surface area contributed by atoms with Crippen molar-refractivity contribution in [2.45, 2.75) is 44.3 Å². The van der Waals surface area contributed by atoms with Crippen LogP contribution < -0.4 is 5.32 Å². The summed E-state index contributed by atoms with van der Waals surface area (Å²) in [6.07, 6.45) is 4.85. The van der Waals surface area contributed by atoms with Crippen LogP contribution >= 0.6 is 0 Å². The summed E-state index contributed by atoms with van der Waals surface area (Å²) < 4.78 is 10.1. The lowest BCUT2D eigenvalue weighted by molar-refractivity contribution is -0.140. The minimum atomic E-state index is -0.506. The lowest BCUT2D eigenvalue weighted by Gasteiger charge is -2.15. The monoisotopic (exact) mass is 245 g/mol. The molecular formula is C12H23NO4. The molecule has 0 spiro atoms. The third-order valence-electron chi connectivity index (χ3n) is 2.94. The highest BCUT2D eigenvalue weighted by atomic mass is 16.5. The van der Waals surface area contributed by atoms with Gasteiger partial charge in [0.05, 0.1) is 32.3 Å². The van der Waals surface area contributed by atoms with Crippen LogP contribution in [0.3, 0.4) is 0 Å². The lowest BCUT2D eigenvalue weighted by atomic mass is 10.3. The van der Waals surface area contributed by atoms with E-state index in [4.69, 9.17) is 4.74 Å². The molecule has 1 unspecified atom stereocenters. The van der Waals surface area contributed by atoms with Crippen LogP contribution in [0.4, 0.5) is 0 Å². The quantitative estimate of drug-likeness (QED) is 0.480. The predicted octanol–water partition coefficient (Wildman–Crippen LogP) is 0.459. The topological polar surface area (TPSA) is 67.8 Å². The van der Waals surface area contributed by atoms with Crippen molar-refractivity contribution in [2.24, 2.45) is 0 Å². The number of nitrogens with one attached hydrogen (secondary N) is 1. The van der Waals surface area contributed by atoms with Crippen LogP contribution in [0.15, 0.2) is 0 Å². The van der Waals surface area contributed by atoms with Crippen LogP contribution in [0.1, 0.15) is 32.1 Å². The summed E-state index contributed by atoms with van der Waals surface area (Å²) in [6.45, 7) is 1.34. The van der Waals surface area contributed by atoms with Crippen molar-refractivity contribution < 1.29 is 19.4 Å². The first-order valence-electron chi connectivity index (χ1n) is 6.29. The number of carbonyl (C=O) groups excluding carboxylic acids is 1. The van der Waals surface area contributed by atoms with Gasteiger partial charge in [0.1, 0.15) is 0 Å². The molecule has 1 aliphatic carbocycles. The maximum Gasteiger partial charge on any atom is 0.306 e. The second-order valence-electron chi connectivity index (χ2n) is 4.42. The summed E-state index contributed by atoms with van der Waals surface area (Å²) in [5.41, 5.74) is 0. The van der Waals surface area contributed by atoms with Gasteiger partial charge < -0.3 is 19.9 Å². The molecule has 5 heteroatoms. The third-order valence-corrected chi connectivity index (χ3v) is 2.94. The van der Waals surface area contributed by atoms with E-state index in [1.807, 2.05) is 0 Å². The van der Waals surface area contributed by atoms with Gasteiger partial charge in [-0.2, -0.15) is 0 Å². The molecule has 0 amide bonds. The van der Waals surface area contributed by atoms with Crippen LogP contribution in [0.5, 0.6) is 0 Å². The normalized spacial score (nSPS) is 18.2. The van der Waals surface area contributed by atoms with Gasteiger partial charge >= 0.3 is 5.97 Å². The molecule has 0 saturated heterocycles. The highest BCUT2D eigenvalue weighted by Gasteiger charge is 2.16. The van der Waals surface area contributed by atoms with Crippen LogP contribution in [-0.4, -0.2) is 50.1 Å². The molecule has 0 bridgehead atoms. The van der Waals surface area contributed by atoms with Crippen LogP contribution in [0, 0.1) is 0 Å². The molecule has 1 fully saturated rings. The Bertz CT molecular complexity index is 217. The third kappa shape index (κ3) is 6.61. The number of ether oxygens (including phenoxy) is 2. The van der Waals surface area contributed by atoms with Gasteiger partial charge in [0.25, 0.3) is 0 Å². The van der Waals surface area contributed by atoms with E-state index in [1.165, 1.54) is 20.0 Å². The molecule has 1 atom stereocenters. The zero-order valence-corrected chi connectivity index (χ0v) is 10.5. The summed E-state index contributed by atoms with van der Waals surface area (Å²) in [6, 6.07) is 0. The highest BCUT2D eigenvalue weighted by Crippen LogP contribution is 2.20. The number of rotatable bonds is 8. The number of aliphatic hydroxyl groups excluding tert-OH is 1. The predicted molar refractivity (Wildman–Crippen MR) is 63.7 cm³/mol. The highest BCUT2D eigenvalue weighted by molar-refractivity contribution is 5.69. The Balaban J connectivity index is 1.93. The molecule has 100 valence electrons. The van der Waals surface area contributed by atoms with Crippen molar-refractivity contribution >= 4 is 5.97 Å². The van der Waals surface area contributed by atoms with Crippen molar-refractivity contribution in [1.29, 1.82) is 0 Å². The zero-order chi connectivity index (χ0) is 12.5. The largest absolute Gasteiger partial charge is 0.469 e. The number of aliphatic hydroxyl groups is 1. The van der Waals surface area contributed by atoms with Gasteiger partial charge in [-0.3, -0.25) is 4.79 Å². The van der Waals surface area contributed by atoms with E-state index in [2.05, 4.69) is 10.1 Å². The molecule has 0 radical (unpaired) electrons. The zero-order valence-electron chi connectivity index (χ0n) is 10.5. The Morgan fingerprint density at radius 2 is 2.18 bits per heavy atom. The van der Waals surface area contributed by atoms with Gasteiger partial charge in [0.2, 0.25) is 0 Å². The Morgan fingerprint density at radius 1 is 1.47 bits per heavy atom. The Labute approximate surface area is 102 Å². The number of carbonyl (C=O) groups is 1. The fraction of sp³-hybridized carbons (Fsp3) is 0.917. The standard InChI is InChI=1S/C12H23NO4/c1-16-12(15)6-7-13-8-10(14)9-17-11-4-2-3-5-11/h10-11,13-14H,2-9H2,1H3. The van der Waals surface area contributed by atoms with Gasteiger partial charge in [-0.15, -0.1) is 0 Å². The fourth-order valence-corrected chi connectivity index (χ4v) is 1.92. The van der Waals surface area contributed by atoms with Crippen LogP contribution in [-0.2, 0) is 14.3 Å². The van der Waals surface area contributed by atoms with E-state index in [-0.39, 0.29) is 5.97 Å². The minimum absolute atomic E-state index is 0.241. The molecule has 1 aliphatic rings. The molecule has 1 saturated carbocycles. The SMILES string of the molecule is COC(=O)CCNCC(O)COC1CCCC1. The molecule has 2 N–H and O–H groups in total. The second kappa shape index (κ2) is 8.44. The van der Waals surface area contributed by atoms with E-state index in [0.29, 0.717) is 32.2 Å². The van der Waals surface area contributed by atoms with Gasteiger partial charge in [0, 0.05) is 13.1 Å². The summed E-state index contributed by atoms with van der Waals surface area (Å²) in [5, 5.41) is 12.6. The molecule has 1 rings (SSSR count). The maximum absolute atomic E-state index is 10.8. The van der Waals surface area contributed by atoms with Gasteiger partial charge in [0.15, 0.2) is 0 Å². The van der Waals surface area contributed by atoms with E-state index >= 15 is 0 Å². The first kappa shape index (κ1) is 14.4. The van der Waals surface area contributed by atoms with Crippen molar-refractivity contribution in [3.8, 4) is 0 Å². The summed E-state index contributed by atoms with van der Waals surface area (Å²) >= 11 is 0. The summed E-state index contributed by atoms with van der Waals surface area (Å²) in [4.78, 5) is 10.8. The average Bonchev–Trinajstić information content (AvgIpc) is 2.84. The number of hydrogen-bond acceptors (Lipinski definition) is 5. The van der Waals surface area contributed by atoms with Crippen molar-refractivity contribution in [3.63, 3.8) is 0 Å². The smallest absolute Gasteiger partial charge is 0.306 e. The van der Waals surface area contributed by atoms with E-state index in [0.717, 1.165) is 12.8 Å². The van der Waals surface area contributed by atoms with Crippen molar-refractivity contribution in [2.75, 3.05) is 26.8 Å². The number of esters is 1.